The van der Waals surface area contributed by atoms with Crippen LogP contribution in [0.4, 0.5) is 0 Å². The fourth-order valence-corrected chi connectivity index (χ4v) is 2.78. The molecule has 1 amide bonds. The summed E-state index contributed by atoms with van der Waals surface area (Å²) in [5.74, 6) is 1.10. The van der Waals surface area contributed by atoms with Crippen molar-refractivity contribution in [3.8, 4) is 11.4 Å². The van der Waals surface area contributed by atoms with Crippen molar-refractivity contribution in [1.82, 2.24) is 14.9 Å². The van der Waals surface area contributed by atoms with Gasteiger partial charge in [0.05, 0.1) is 18.6 Å². The molecule has 1 N–H and O–H groups in total. The second-order valence-corrected chi connectivity index (χ2v) is 5.71. The number of ether oxygens (including phenoxy) is 2. The molecule has 1 aromatic heterocycles. The Bertz CT molecular complexity index is 631. The van der Waals surface area contributed by atoms with E-state index in [-0.39, 0.29) is 5.91 Å². The standard InChI is InChI=1S/C16H21N3O3S/c1-21-10-4-7-17-15(20)12-23-16-18-8-9-19(16)13-5-3-6-14(11-13)22-2/h3,5-6,8-9,11H,4,7,10,12H2,1-2H3,(H,17,20). The zero-order chi connectivity index (χ0) is 16.5. The first-order valence-electron chi connectivity index (χ1n) is 7.31. The van der Waals surface area contributed by atoms with Crippen LogP contribution in [0.25, 0.3) is 5.69 Å². The van der Waals surface area contributed by atoms with Gasteiger partial charge in [0.1, 0.15) is 5.75 Å². The molecule has 0 saturated carbocycles. The van der Waals surface area contributed by atoms with Gasteiger partial charge in [-0.1, -0.05) is 17.8 Å². The van der Waals surface area contributed by atoms with E-state index in [2.05, 4.69) is 10.3 Å². The number of aromatic nitrogens is 2. The molecule has 0 fully saturated rings. The highest BCUT2D eigenvalue weighted by atomic mass is 32.2. The Kier molecular flexibility index (Phi) is 6.96. The Morgan fingerprint density at radius 1 is 1.39 bits per heavy atom. The van der Waals surface area contributed by atoms with Crippen molar-refractivity contribution >= 4 is 17.7 Å². The minimum absolute atomic E-state index is 0.00806. The number of hydrogen-bond donors (Lipinski definition) is 1. The molecule has 0 saturated heterocycles. The normalized spacial score (nSPS) is 10.5. The maximum Gasteiger partial charge on any atom is 0.230 e. The number of carbonyl (C=O) groups excluding carboxylic acids is 1. The van der Waals surface area contributed by atoms with Gasteiger partial charge in [0.25, 0.3) is 0 Å². The number of imidazole rings is 1. The summed E-state index contributed by atoms with van der Waals surface area (Å²) in [5.41, 5.74) is 0.949. The average Bonchev–Trinajstić information content (AvgIpc) is 3.05. The first kappa shape index (κ1) is 17.4. The lowest BCUT2D eigenvalue weighted by atomic mass is 10.3. The summed E-state index contributed by atoms with van der Waals surface area (Å²) >= 11 is 1.40. The summed E-state index contributed by atoms with van der Waals surface area (Å²) < 4.78 is 12.1. The zero-order valence-corrected chi connectivity index (χ0v) is 14.1. The Morgan fingerprint density at radius 2 is 2.26 bits per heavy atom. The van der Waals surface area contributed by atoms with E-state index < -0.39 is 0 Å². The molecule has 1 heterocycles. The van der Waals surface area contributed by atoms with Gasteiger partial charge in [0.15, 0.2) is 5.16 Å². The van der Waals surface area contributed by atoms with Crippen molar-refractivity contribution in [2.75, 3.05) is 33.1 Å². The lowest BCUT2D eigenvalue weighted by Crippen LogP contribution is -2.26. The second kappa shape index (κ2) is 9.22. The quantitative estimate of drug-likeness (QED) is 0.562. The fraction of sp³-hybridized carbons (Fsp3) is 0.375. The van der Waals surface area contributed by atoms with Gasteiger partial charge in [-0.3, -0.25) is 9.36 Å². The molecule has 1 aromatic carbocycles. The number of hydrogen-bond acceptors (Lipinski definition) is 5. The summed E-state index contributed by atoms with van der Waals surface area (Å²) in [6.45, 7) is 1.27. The Morgan fingerprint density at radius 3 is 3.04 bits per heavy atom. The number of benzene rings is 1. The van der Waals surface area contributed by atoms with Crippen LogP contribution in [-0.4, -0.2) is 48.6 Å². The Hall–Kier alpha value is -1.99. The fourth-order valence-electron chi connectivity index (χ4n) is 1.98. The predicted octanol–water partition coefficient (Wildman–Crippen LogP) is 2.13. The molecule has 0 radical (unpaired) electrons. The minimum atomic E-state index is -0.00806. The lowest BCUT2D eigenvalue weighted by Gasteiger charge is -2.09. The molecule has 2 aromatic rings. The van der Waals surface area contributed by atoms with Crippen molar-refractivity contribution in [3.05, 3.63) is 36.7 Å². The Balaban J connectivity index is 1.92. The highest BCUT2D eigenvalue weighted by molar-refractivity contribution is 7.99. The molecule has 0 atom stereocenters. The van der Waals surface area contributed by atoms with Crippen LogP contribution < -0.4 is 10.1 Å². The highest BCUT2D eigenvalue weighted by Crippen LogP contribution is 2.22. The van der Waals surface area contributed by atoms with Gasteiger partial charge in [-0.2, -0.15) is 0 Å². The van der Waals surface area contributed by atoms with Crippen molar-refractivity contribution < 1.29 is 14.3 Å². The van der Waals surface area contributed by atoms with Crippen LogP contribution in [0.15, 0.2) is 41.8 Å². The molecule has 0 spiro atoms. The van der Waals surface area contributed by atoms with Crippen LogP contribution in [0, 0.1) is 0 Å². The van der Waals surface area contributed by atoms with Gasteiger partial charge >= 0.3 is 0 Å². The first-order valence-corrected chi connectivity index (χ1v) is 8.29. The SMILES string of the molecule is COCCCNC(=O)CSc1nccn1-c1cccc(OC)c1. The van der Waals surface area contributed by atoms with Gasteiger partial charge in [0.2, 0.25) is 5.91 Å². The third kappa shape index (κ3) is 5.30. The van der Waals surface area contributed by atoms with E-state index in [0.717, 1.165) is 23.0 Å². The van der Waals surface area contributed by atoms with E-state index in [9.17, 15) is 4.79 Å². The molecule has 0 aliphatic rings. The summed E-state index contributed by atoms with van der Waals surface area (Å²) in [7, 11) is 3.28. The van der Waals surface area contributed by atoms with Crippen LogP contribution in [0.1, 0.15) is 6.42 Å². The Labute approximate surface area is 140 Å². The van der Waals surface area contributed by atoms with Gasteiger partial charge in [-0.05, 0) is 18.6 Å². The third-order valence-electron chi connectivity index (χ3n) is 3.12. The van der Waals surface area contributed by atoms with Crippen LogP contribution in [0.5, 0.6) is 5.75 Å². The maximum atomic E-state index is 11.8. The smallest absolute Gasteiger partial charge is 0.230 e. The van der Waals surface area contributed by atoms with Gasteiger partial charge in [-0.25, -0.2) is 4.98 Å². The molecular formula is C16H21N3O3S. The molecular weight excluding hydrogens is 314 g/mol. The van der Waals surface area contributed by atoms with E-state index >= 15 is 0 Å². The van der Waals surface area contributed by atoms with Crippen molar-refractivity contribution in [2.24, 2.45) is 0 Å². The van der Waals surface area contributed by atoms with Gasteiger partial charge < -0.3 is 14.8 Å². The maximum absolute atomic E-state index is 11.8. The van der Waals surface area contributed by atoms with Crippen molar-refractivity contribution in [3.63, 3.8) is 0 Å². The van der Waals surface area contributed by atoms with Crippen LogP contribution in [-0.2, 0) is 9.53 Å². The van der Waals surface area contributed by atoms with E-state index in [1.807, 2.05) is 35.0 Å². The van der Waals surface area contributed by atoms with Gasteiger partial charge in [-0.15, -0.1) is 0 Å². The summed E-state index contributed by atoms with van der Waals surface area (Å²) in [4.78, 5) is 16.1. The number of rotatable bonds is 9. The molecule has 2 rings (SSSR count). The molecule has 7 heteroatoms. The molecule has 6 nitrogen and oxygen atoms in total. The summed E-state index contributed by atoms with van der Waals surface area (Å²) in [6, 6.07) is 7.71. The number of nitrogens with one attached hydrogen (secondary N) is 1. The van der Waals surface area contributed by atoms with Crippen LogP contribution >= 0.6 is 11.8 Å². The molecule has 0 unspecified atom stereocenters. The van der Waals surface area contributed by atoms with Crippen molar-refractivity contribution in [2.45, 2.75) is 11.6 Å². The first-order chi connectivity index (χ1) is 11.2. The molecule has 23 heavy (non-hydrogen) atoms. The molecule has 124 valence electrons. The summed E-state index contributed by atoms with van der Waals surface area (Å²) in [6.07, 6.45) is 4.40. The van der Waals surface area contributed by atoms with E-state index in [0.29, 0.717) is 18.9 Å². The predicted molar refractivity (Wildman–Crippen MR) is 90.3 cm³/mol. The molecule has 0 aliphatic carbocycles. The lowest BCUT2D eigenvalue weighted by molar-refractivity contribution is -0.118. The second-order valence-electron chi connectivity index (χ2n) is 4.77. The van der Waals surface area contributed by atoms with E-state index in [1.54, 1.807) is 20.4 Å². The van der Waals surface area contributed by atoms with Crippen LogP contribution in [0.3, 0.4) is 0 Å². The monoisotopic (exact) mass is 335 g/mol. The van der Waals surface area contributed by atoms with Gasteiger partial charge in [0, 0.05) is 38.7 Å². The molecule has 0 aliphatic heterocycles. The number of thioether (sulfide) groups is 1. The third-order valence-corrected chi connectivity index (χ3v) is 4.08. The van der Waals surface area contributed by atoms with E-state index in [1.165, 1.54) is 11.8 Å². The number of amides is 1. The number of methoxy groups -OCH3 is 2. The van der Waals surface area contributed by atoms with Crippen molar-refractivity contribution in [1.29, 1.82) is 0 Å². The average molecular weight is 335 g/mol. The minimum Gasteiger partial charge on any atom is -0.497 e. The topological polar surface area (TPSA) is 65.4 Å². The highest BCUT2D eigenvalue weighted by Gasteiger charge is 2.09. The van der Waals surface area contributed by atoms with Crippen LogP contribution in [0.2, 0.25) is 0 Å². The zero-order valence-electron chi connectivity index (χ0n) is 13.3. The number of nitrogens with zero attached hydrogens (tertiary/aromatic N) is 2. The van der Waals surface area contributed by atoms with E-state index in [4.69, 9.17) is 9.47 Å². The largest absolute Gasteiger partial charge is 0.497 e. The summed E-state index contributed by atoms with van der Waals surface area (Å²) in [5, 5.41) is 3.63. The molecule has 0 bridgehead atoms. The number of carbonyl (C=O) groups is 1.